The average Bonchev–Trinajstić information content (AvgIpc) is 3.43. The summed E-state index contributed by atoms with van der Waals surface area (Å²) in [7, 11) is 1.35. The van der Waals surface area contributed by atoms with Crippen LogP contribution in [0, 0.1) is 11.8 Å². The van der Waals surface area contributed by atoms with Crippen LogP contribution in [-0.2, 0) is 41.6 Å². The van der Waals surface area contributed by atoms with Gasteiger partial charge in [0.25, 0.3) is 0 Å². The highest BCUT2D eigenvalue weighted by Crippen LogP contribution is 2.35. The standard InChI is InChI=1S/C41H54N4O6S/c1-51-41(50)35-19-11-20-36-45(35)40(49)34(23-25-52-36)43-38(47)31(27-29-14-6-3-7-15-29)22-21-30(26-28-12-4-2-5-13-28)37(46)42-33-18-10-17-32-16-8-9-24-44(32)39(33)48/h2-7,12-15,30-36H,8-11,16-27H2,1H3,(H,42,46)(H,43,47)/t30-,31-,32-,33+,34+,35+,36+/m1/s1. The second-order valence-corrected chi connectivity index (χ2v) is 16.2. The third-order valence-electron chi connectivity index (χ3n) is 11.4. The smallest absolute Gasteiger partial charge is 0.328 e. The van der Waals surface area contributed by atoms with Crippen LogP contribution in [0.5, 0.6) is 0 Å². The number of carbonyl (C=O) groups is 5. The first kappa shape index (κ1) is 37.9. The molecule has 0 radical (unpaired) electrons. The Morgan fingerprint density at radius 3 is 1.92 bits per heavy atom. The maximum absolute atomic E-state index is 14.2. The molecule has 4 heterocycles. The molecule has 2 aromatic carbocycles. The van der Waals surface area contributed by atoms with Crippen molar-refractivity contribution in [1.29, 1.82) is 0 Å². The molecule has 10 nitrogen and oxygen atoms in total. The molecule has 280 valence electrons. The van der Waals surface area contributed by atoms with E-state index in [4.69, 9.17) is 4.74 Å². The number of rotatable bonds is 12. The van der Waals surface area contributed by atoms with Gasteiger partial charge in [-0.15, -0.1) is 11.8 Å². The van der Waals surface area contributed by atoms with Gasteiger partial charge in [-0.2, -0.15) is 0 Å². The van der Waals surface area contributed by atoms with Crippen molar-refractivity contribution in [3.8, 4) is 0 Å². The minimum absolute atomic E-state index is 0.0342. The summed E-state index contributed by atoms with van der Waals surface area (Å²) in [6.45, 7) is 0.754. The minimum atomic E-state index is -0.753. The van der Waals surface area contributed by atoms with Crippen LogP contribution in [0.3, 0.4) is 0 Å². The van der Waals surface area contributed by atoms with Crippen molar-refractivity contribution in [2.45, 2.75) is 119 Å². The van der Waals surface area contributed by atoms with Gasteiger partial charge >= 0.3 is 5.97 Å². The van der Waals surface area contributed by atoms with Crippen molar-refractivity contribution >= 4 is 41.4 Å². The number of amides is 4. The molecule has 0 spiro atoms. The number of fused-ring (bicyclic) bond motifs is 2. The van der Waals surface area contributed by atoms with Gasteiger partial charge in [0.1, 0.15) is 18.1 Å². The van der Waals surface area contributed by atoms with Gasteiger partial charge in [-0.1, -0.05) is 60.7 Å². The van der Waals surface area contributed by atoms with Gasteiger partial charge in [-0.25, -0.2) is 4.79 Å². The fourth-order valence-electron chi connectivity index (χ4n) is 8.59. The van der Waals surface area contributed by atoms with Gasteiger partial charge in [-0.05, 0) is 107 Å². The molecule has 0 aliphatic carbocycles. The zero-order valence-corrected chi connectivity index (χ0v) is 31.2. The quantitative estimate of drug-likeness (QED) is 0.294. The molecule has 11 heteroatoms. The monoisotopic (exact) mass is 730 g/mol. The highest BCUT2D eigenvalue weighted by atomic mass is 32.2. The highest BCUT2D eigenvalue weighted by molar-refractivity contribution is 7.99. The predicted molar refractivity (Wildman–Crippen MR) is 201 cm³/mol. The maximum Gasteiger partial charge on any atom is 0.328 e. The SMILES string of the molecule is COC(=O)[C@@H]1CCC[C@@H]2SCC[C@H](NC(=O)[C@H](CC[C@H](Cc3ccccc3)C(=O)N[C@H]3CCC[C@H]4CCCCN4C3=O)Cc3ccccc3)C(=O)N21. The van der Waals surface area contributed by atoms with E-state index >= 15 is 0 Å². The fourth-order valence-corrected chi connectivity index (χ4v) is 9.98. The third kappa shape index (κ3) is 9.38. The van der Waals surface area contributed by atoms with E-state index < -0.39 is 35.9 Å². The Kier molecular flexibility index (Phi) is 13.3. The van der Waals surface area contributed by atoms with Crippen LogP contribution in [0.25, 0.3) is 0 Å². The lowest BCUT2D eigenvalue weighted by Gasteiger charge is -2.40. The first-order valence-electron chi connectivity index (χ1n) is 19.3. The van der Waals surface area contributed by atoms with E-state index in [1.807, 2.05) is 65.6 Å². The lowest BCUT2D eigenvalue weighted by molar-refractivity contribution is -0.156. The number of nitrogens with one attached hydrogen (secondary N) is 2. The van der Waals surface area contributed by atoms with Crippen molar-refractivity contribution in [3.05, 3.63) is 71.8 Å². The zero-order chi connectivity index (χ0) is 36.5. The summed E-state index contributed by atoms with van der Waals surface area (Å²) < 4.78 is 5.07. The van der Waals surface area contributed by atoms with Crippen molar-refractivity contribution in [2.24, 2.45) is 11.8 Å². The number of hydrogen-bond acceptors (Lipinski definition) is 7. The van der Waals surface area contributed by atoms with Crippen LogP contribution in [0.4, 0.5) is 0 Å². The molecular formula is C41H54N4O6S. The Hall–Kier alpha value is -3.86. The molecule has 0 unspecified atom stereocenters. The second-order valence-electron chi connectivity index (χ2n) is 14.9. The van der Waals surface area contributed by atoms with E-state index in [9.17, 15) is 24.0 Å². The van der Waals surface area contributed by atoms with Crippen molar-refractivity contribution < 1.29 is 28.7 Å². The summed E-state index contributed by atoms with van der Waals surface area (Å²) in [5.74, 6) is -1.27. The van der Waals surface area contributed by atoms with Crippen molar-refractivity contribution in [2.75, 3.05) is 19.4 Å². The molecule has 4 fully saturated rings. The van der Waals surface area contributed by atoms with Gasteiger partial charge in [0, 0.05) is 24.4 Å². The lowest BCUT2D eigenvalue weighted by atomic mass is 9.86. The normalized spacial score (nSPS) is 26.1. The first-order chi connectivity index (χ1) is 25.3. The Morgan fingerprint density at radius 2 is 1.31 bits per heavy atom. The highest BCUT2D eigenvalue weighted by Gasteiger charge is 2.44. The minimum Gasteiger partial charge on any atom is -0.467 e. The fraction of sp³-hybridized carbons (Fsp3) is 0.585. The molecule has 2 N–H and O–H groups in total. The molecule has 2 aromatic rings. The second kappa shape index (κ2) is 18.3. The van der Waals surface area contributed by atoms with Crippen LogP contribution in [0.2, 0.25) is 0 Å². The van der Waals surface area contributed by atoms with Gasteiger partial charge in [0.2, 0.25) is 23.6 Å². The number of hydrogen-bond donors (Lipinski definition) is 2. The summed E-state index contributed by atoms with van der Waals surface area (Å²) >= 11 is 1.66. The number of nitrogens with zero attached hydrogens (tertiary/aromatic N) is 2. The van der Waals surface area contributed by atoms with Crippen LogP contribution in [-0.4, -0.2) is 88.3 Å². The Morgan fingerprint density at radius 1 is 0.731 bits per heavy atom. The molecule has 4 saturated heterocycles. The summed E-state index contributed by atoms with van der Waals surface area (Å²) in [4.78, 5) is 72.4. The largest absolute Gasteiger partial charge is 0.467 e. The number of ether oxygens (including phenoxy) is 1. The molecular weight excluding hydrogens is 677 g/mol. The Labute approximate surface area is 312 Å². The van der Waals surface area contributed by atoms with E-state index in [1.165, 1.54) is 7.11 Å². The summed E-state index contributed by atoms with van der Waals surface area (Å²) in [5.41, 5.74) is 2.02. The topological polar surface area (TPSA) is 125 Å². The molecule has 52 heavy (non-hydrogen) atoms. The van der Waals surface area contributed by atoms with Crippen LogP contribution < -0.4 is 10.6 Å². The van der Waals surface area contributed by atoms with E-state index in [0.29, 0.717) is 50.7 Å². The number of benzene rings is 2. The molecule has 4 aliphatic rings. The number of esters is 1. The number of piperidine rings is 2. The van der Waals surface area contributed by atoms with E-state index in [0.717, 1.165) is 62.6 Å². The van der Waals surface area contributed by atoms with Crippen LogP contribution in [0.15, 0.2) is 60.7 Å². The molecule has 0 bridgehead atoms. The summed E-state index contributed by atoms with van der Waals surface area (Å²) in [6, 6.07) is 18.0. The summed E-state index contributed by atoms with van der Waals surface area (Å²) in [5, 5.41) is 6.15. The first-order valence-corrected chi connectivity index (χ1v) is 20.4. The lowest BCUT2D eigenvalue weighted by Crippen LogP contribution is -2.57. The Balaban J connectivity index is 1.18. The average molecular weight is 731 g/mol. The number of thioether (sulfide) groups is 1. The molecule has 0 saturated carbocycles. The van der Waals surface area contributed by atoms with Gasteiger partial charge in [0.05, 0.1) is 12.5 Å². The van der Waals surface area contributed by atoms with Crippen LogP contribution in [0.1, 0.15) is 88.2 Å². The molecule has 6 rings (SSSR count). The van der Waals surface area contributed by atoms with E-state index in [-0.39, 0.29) is 35.0 Å². The Bertz CT molecular complexity index is 1540. The van der Waals surface area contributed by atoms with E-state index in [1.54, 1.807) is 16.7 Å². The number of methoxy groups -OCH3 is 1. The molecule has 4 aliphatic heterocycles. The predicted octanol–water partition coefficient (Wildman–Crippen LogP) is 5.04. The van der Waals surface area contributed by atoms with Gasteiger partial charge < -0.3 is 25.2 Å². The zero-order valence-electron chi connectivity index (χ0n) is 30.4. The molecule has 7 atom stereocenters. The number of carbonyl (C=O) groups excluding carboxylic acids is 5. The van der Waals surface area contributed by atoms with Gasteiger partial charge in [0.15, 0.2) is 0 Å². The van der Waals surface area contributed by atoms with Crippen molar-refractivity contribution in [1.82, 2.24) is 20.4 Å². The molecule has 0 aromatic heterocycles. The van der Waals surface area contributed by atoms with Crippen molar-refractivity contribution in [3.63, 3.8) is 0 Å². The molecule has 4 amide bonds. The van der Waals surface area contributed by atoms with Gasteiger partial charge in [-0.3, -0.25) is 19.2 Å². The summed E-state index contributed by atoms with van der Waals surface area (Å²) in [6.07, 6.45) is 10.1. The van der Waals surface area contributed by atoms with E-state index in [2.05, 4.69) is 10.6 Å². The maximum atomic E-state index is 14.2. The third-order valence-corrected chi connectivity index (χ3v) is 12.8. The van der Waals surface area contributed by atoms with Crippen LogP contribution >= 0.6 is 11.8 Å².